The molecule has 2 aliphatic heterocycles. The lowest BCUT2D eigenvalue weighted by atomic mass is 9.80. The summed E-state index contributed by atoms with van der Waals surface area (Å²) in [5, 5.41) is 11.1. The number of nitrogens with zero attached hydrogens (tertiary/aromatic N) is 2. The second kappa shape index (κ2) is 8.18. The first-order chi connectivity index (χ1) is 15.6. The molecular formula is C24H26N4O4. The number of nitrogens with one attached hydrogen (secondary N) is 2. The number of rotatable bonds is 3. The monoisotopic (exact) mass is 434 g/mol. The number of carbonyl (C=O) groups is 2. The molecule has 1 atom stereocenters. The van der Waals surface area contributed by atoms with Crippen molar-refractivity contribution in [2.45, 2.75) is 37.8 Å². The maximum atomic E-state index is 13.3. The molecule has 0 aliphatic carbocycles. The highest BCUT2D eigenvalue weighted by Gasteiger charge is 2.44. The predicted octanol–water partition coefficient (Wildman–Crippen LogP) is 3.81. The van der Waals surface area contributed by atoms with Crippen LogP contribution < -0.4 is 10.1 Å². The molecule has 1 saturated heterocycles. The molecule has 0 saturated carbocycles. The van der Waals surface area contributed by atoms with Gasteiger partial charge in [0.1, 0.15) is 11.4 Å². The molecule has 3 aromatic rings. The van der Waals surface area contributed by atoms with Crippen molar-refractivity contribution >= 4 is 22.9 Å². The maximum absolute atomic E-state index is 13.3. The quantitative estimate of drug-likeness (QED) is 0.654. The van der Waals surface area contributed by atoms with E-state index < -0.39 is 5.60 Å². The van der Waals surface area contributed by atoms with E-state index >= 15 is 0 Å². The first-order valence-corrected chi connectivity index (χ1v) is 11.0. The highest BCUT2D eigenvalue weighted by Crippen LogP contribution is 2.44. The SMILES string of the molecule is CCOC(=O)N1CCC2(CC1)C[C@@H](NC(=O)c1cccc3cn[nH]c13)c1ccccc1O2. The van der Waals surface area contributed by atoms with Crippen molar-refractivity contribution in [3.8, 4) is 5.75 Å². The van der Waals surface area contributed by atoms with Crippen LogP contribution in [0, 0.1) is 0 Å². The van der Waals surface area contributed by atoms with E-state index in [0.717, 1.165) is 22.2 Å². The number of aromatic amines is 1. The molecule has 1 aromatic heterocycles. The zero-order chi connectivity index (χ0) is 22.1. The molecule has 2 amide bonds. The van der Waals surface area contributed by atoms with E-state index in [1.165, 1.54) is 0 Å². The minimum absolute atomic E-state index is 0.152. The summed E-state index contributed by atoms with van der Waals surface area (Å²) in [5.41, 5.74) is 1.82. The third kappa shape index (κ3) is 3.66. The number of benzene rings is 2. The number of likely N-dealkylation sites (tertiary alicyclic amines) is 1. The minimum atomic E-state index is -0.435. The number of amides is 2. The largest absolute Gasteiger partial charge is 0.487 e. The van der Waals surface area contributed by atoms with Crippen LogP contribution in [0.2, 0.25) is 0 Å². The van der Waals surface area contributed by atoms with E-state index in [4.69, 9.17) is 9.47 Å². The number of hydrogen-bond donors (Lipinski definition) is 2. The fourth-order valence-electron chi connectivity index (χ4n) is 4.76. The number of ether oxygens (including phenoxy) is 2. The molecule has 2 N–H and O–H groups in total. The van der Waals surface area contributed by atoms with Crippen molar-refractivity contribution in [1.29, 1.82) is 0 Å². The van der Waals surface area contributed by atoms with Gasteiger partial charge in [-0.15, -0.1) is 0 Å². The Balaban J connectivity index is 1.38. The zero-order valence-corrected chi connectivity index (χ0v) is 18.0. The summed E-state index contributed by atoms with van der Waals surface area (Å²) in [6.07, 6.45) is 3.44. The van der Waals surface area contributed by atoms with Gasteiger partial charge >= 0.3 is 6.09 Å². The fourth-order valence-corrected chi connectivity index (χ4v) is 4.76. The summed E-state index contributed by atoms with van der Waals surface area (Å²) >= 11 is 0. The fraction of sp³-hybridized carbons (Fsp3) is 0.375. The molecule has 2 aromatic carbocycles. The summed E-state index contributed by atoms with van der Waals surface area (Å²) in [7, 11) is 0. The highest BCUT2D eigenvalue weighted by atomic mass is 16.6. The Morgan fingerprint density at radius 1 is 1.22 bits per heavy atom. The van der Waals surface area contributed by atoms with E-state index in [2.05, 4.69) is 15.5 Å². The van der Waals surface area contributed by atoms with Crippen LogP contribution in [0.15, 0.2) is 48.7 Å². The van der Waals surface area contributed by atoms with E-state index in [-0.39, 0.29) is 18.0 Å². The van der Waals surface area contributed by atoms with E-state index in [1.807, 2.05) is 43.3 Å². The molecule has 3 heterocycles. The van der Waals surface area contributed by atoms with Crippen molar-refractivity contribution in [3.05, 3.63) is 59.8 Å². The van der Waals surface area contributed by atoms with Crippen molar-refractivity contribution in [3.63, 3.8) is 0 Å². The zero-order valence-electron chi connectivity index (χ0n) is 18.0. The molecule has 8 heteroatoms. The lowest BCUT2D eigenvalue weighted by Crippen LogP contribution is -2.53. The first kappa shape index (κ1) is 20.4. The second-order valence-electron chi connectivity index (χ2n) is 8.38. The van der Waals surface area contributed by atoms with Crippen molar-refractivity contribution in [2.75, 3.05) is 19.7 Å². The Hall–Kier alpha value is -3.55. The van der Waals surface area contributed by atoms with Crippen molar-refractivity contribution in [1.82, 2.24) is 20.4 Å². The Morgan fingerprint density at radius 2 is 2.03 bits per heavy atom. The van der Waals surface area contributed by atoms with Crippen LogP contribution in [0.4, 0.5) is 4.79 Å². The Bertz CT molecular complexity index is 1150. The third-order valence-electron chi connectivity index (χ3n) is 6.42. The number of carbonyl (C=O) groups excluding carboxylic acids is 2. The predicted molar refractivity (Wildman–Crippen MR) is 119 cm³/mol. The summed E-state index contributed by atoms with van der Waals surface area (Å²) in [5.74, 6) is 0.633. The Morgan fingerprint density at radius 3 is 2.84 bits per heavy atom. The summed E-state index contributed by atoms with van der Waals surface area (Å²) < 4.78 is 11.6. The molecule has 2 aliphatic rings. The van der Waals surface area contributed by atoms with Gasteiger partial charge in [0.15, 0.2) is 0 Å². The van der Waals surface area contributed by atoms with Gasteiger partial charge in [0.2, 0.25) is 0 Å². The normalized spacial score (nSPS) is 19.3. The second-order valence-corrected chi connectivity index (χ2v) is 8.38. The molecule has 5 rings (SSSR count). The number of aromatic nitrogens is 2. The van der Waals surface area contributed by atoms with Crippen molar-refractivity contribution < 1.29 is 19.1 Å². The highest BCUT2D eigenvalue weighted by molar-refractivity contribution is 6.05. The topological polar surface area (TPSA) is 96.5 Å². The van der Waals surface area contributed by atoms with Crippen LogP contribution >= 0.6 is 0 Å². The lowest BCUT2D eigenvalue weighted by Gasteiger charge is -2.46. The number of fused-ring (bicyclic) bond motifs is 2. The van der Waals surface area contributed by atoms with Gasteiger partial charge in [0, 0.05) is 43.3 Å². The molecule has 8 nitrogen and oxygen atoms in total. The third-order valence-corrected chi connectivity index (χ3v) is 6.42. The molecule has 32 heavy (non-hydrogen) atoms. The number of piperidine rings is 1. The molecule has 0 radical (unpaired) electrons. The lowest BCUT2D eigenvalue weighted by molar-refractivity contribution is -0.0233. The molecular weight excluding hydrogens is 408 g/mol. The number of H-pyrrole nitrogens is 1. The van der Waals surface area contributed by atoms with Gasteiger partial charge in [-0.25, -0.2) is 4.79 Å². The van der Waals surface area contributed by atoms with Crippen LogP contribution in [0.3, 0.4) is 0 Å². The average Bonchev–Trinajstić information content (AvgIpc) is 3.28. The van der Waals surface area contributed by atoms with Crippen LogP contribution in [0.5, 0.6) is 5.75 Å². The Labute approximate surface area is 185 Å². The van der Waals surface area contributed by atoms with E-state index in [9.17, 15) is 9.59 Å². The summed E-state index contributed by atoms with van der Waals surface area (Å²) in [6, 6.07) is 13.2. The van der Waals surface area contributed by atoms with Gasteiger partial charge in [-0.2, -0.15) is 5.10 Å². The van der Waals surface area contributed by atoms with Crippen LogP contribution in [0.1, 0.15) is 48.1 Å². The number of hydrogen-bond acceptors (Lipinski definition) is 5. The van der Waals surface area contributed by atoms with Gasteiger partial charge in [-0.05, 0) is 19.1 Å². The maximum Gasteiger partial charge on any atom is 0.409 e. The molecule has 0 bridgehead atoms. The van der Waals surface area contributed by atoms with Crippen LogP contribution in [-0.4, -0.2) is 52.4 Å². The van der Waals surface area contributed by atoms with E-state index in [1.54, 1.807) is 17.2 Å². The van der Waals surface area contributed by atoms with Gasteiger partial charge in [0.05, 0.1) is 29.9 Å². The molecule has 166 valence electrons. The average molecular weight is 434 g/mol. The van der Waals surface area contributed by atoms with Gasteiger partial charge in [-0.3, -0.25) is 9.89 Å². The standard InChI is InChI=1S/C24H26N4O4/c1-2-31-23(30)28-12-10-24(11-13-28)14-19(17-7-3-4-9-20(17)32-24)26-22(29)18-8-5-6-16-15-25-27-21(16)18/h3-9,15,19H,2,10-14H2,1H3,(H,25,27)(H,26,29)/t19-/m1/s1. The minimum Gasteiger partial charge on any atom is -0.487 e. The molecule has 1 spiro atoms. The Kier molecular flexibility index (Phi) is 5.20. The molecule has 0 unspecified atom stereocenters. The summed E-state index contributed by atoms with van der Waals surface area (Å²) in [4.78, 5) is 27.1. The van der Waals surface area contributed by atoms with Gasteiger partial charge in [0.25, 0.3) is 5.91 Å². The van der Waals surface area contributed by atoms with Gasteiger partial charge < -0.3 is 19.7 Å². The van der Waals surface area contributed by atoms with Crippen LogP contribution in [0.25, 0.3) is 10.9 Å². The number of para-hydroxylation sites is 2. The smallest absolute Gasteiger partial charge is 0.409 e. The van der Waals surface area contributed by atoms with Crippen molar-refractivity contribution in [2.24, 2.45) is 0 Å². The summed E-state index contributed by atoms with van der Waals surface area (Å²) in [6.45, 7) is 3.30. The molecule has 1 fully saturated rings. The van der Waals surface area contributed by atoms with Crippen LogP contribution in [-0.2, 0) is 4.74 Å². The van der Waals surface area contributed by atoms with Gasteiger partial charge in [-0.1, -0.05) is 30.3 Å². The van der Waals surface area contributed by atoms with E-state index in [0.29, 0.717) is 44.5 Å². The first-order valence-electron chi connectivity index (χ1n) is 11.0.